The summed E-state index contributed by atoms with van der Waals surface area (Å²) < 4.78 is 12.9. The molecule has 0 bridgehead atoms. The molecule has 0 aromatic carbocycles. The van der Waals surface area contributed by atoms with Crippen molar-refractivity contribution >= 4 is 18.3 Å². The minimum absolute atomic E-state index is 0. The number of carbonyl (C=O) groups excluding carboxylic acids is 1. The van der Waals surface area contributed by atoms with Crippen molar-refractivity contribution in [3.8, 4) is 0 Å². The fourth-order valence-electron chi connectivity index (χ4n) is 2.40. The number of hydrogen-bond donors (Lipinski definition) is 1. The van der Waals surface area contributed by atoms with Crippen molar-refractivity contribution in [3.05, 3.63) is 0 Å². The second-order valence-corrected chi connectivity index (χ2v) is 5.47. The van der Waals surface area contributed by atoms with Crippen LogP contribution in [0.5, 0.6) is 0 Å². The summed E-state index contributed by atoms with van der Waals surface area (Å²) in [6.07, 6.45) is 0.537. The molecule has 2 saturated heterocycles. The third kappa shape index (κ3) is 2.86. The second kappa shape index (κ2) is 4.88. The minimum Gasteiger partial charge on any atom is -0.341 e. The van der Waals surface area contributed by atoms with Crippen LogP contribution in [-0.2, 0) is 4.79 Å². The lowest BCUT2D eigenvalue weighted by Gasteiger charge is -2.22. The Labute approximate surface area is 102 Å². The molecule has 94 valence electrons. The number of hydrogen-bond acceptors (Lipinski definition) is 2. The highest BCUT2D eigenvalue weighted by Crippen LogP contribution is 2.29. The van der Waals surface area contributed by atoms with Crippen LogP contribution < -0.4 is 5.32 Å². The van der Waals surface area contributed by atoms with E-state index >= 15 is 0 Å². The Balaban J connectivity index is 0.00000128. The number of rotatable bonds is 1. The van der Waals surface area contributed by atoms with Gasteiger partial charge in [-0.3, -0.25) is 4.79 Å². The Morgan fingerprint density at radius 1 is 1.50 bits per heavy atom. The first-order chi connectivity index (χ1) is 6.98. The third-order valence-electron chi connectivity index (χ3n) is 3.36. The van der Waals surface area contributed by atoms with E-state index in [1.165, 1.54) is 0 Å². The number of nitrogens with zero attached hydrogens (tertiary/aromatic N) is 1. The van der Waals surface area contributed by atoms with Crippen molar-refractivity contribution in [3.63, 3.8) is 0 Å². The normalized spacial score (nSPS) is 32.6. The maximum absolute atomic E-state index is 12.9. The third-order valence-corrected chi connectivity index (χ3v) is 3.36. The van der Waals surface area contributed by atoms with Crippen molar-refractivity contribution in [2.24, 2.45) is 5.41 Å². The monoisotopic (exact) mass is 250 g/mol. The smallest absolute Gasteiger partial charge is 0.239 e. The zero-order chi connectivity index (χ0) is 11.1. The summed E-state index contributed by atoms with van der Waals surface area (Å²) in [7, 11) is 0. The lowest BCUT2D eigenvalue weighted by atomic mass is 9.93. The molecular weight excluding hydrogens is 231 g/mol. The molecule has 2 aliphatic heterocycles. The van der Waals surface area contributed by atoms with Gasteiger partial charge in [-0.1, -0.05) is 13.8 Å². The Morgan fingerprint density at radius 2 is 2.19 bits per heavy atom. The van der Waals surface area contributed by atoms with Gasteiger partial charge in [0, 0.05) is 26.1 Å². The van der Waals surface area contributed by atoms with Crippen molar-refractivity contribution in [1.82, 2.24) is 10.2 Å². The van der Waals surface area contributed by atoms with E-state index in [2.05, 4.69) is 19.2 Å². The van der Waals surface area contributed by atoms with Gasteiger partial charge in [0.2, 0.25) is 5.91 Å². The van der Waals surface area contributed by atoms with E-state index in [9.17, 15) is 9.18 Å². The van der Waals surface area contributed by atoms with Gasteiger partial charge in [0.1, 0.15) is 6.17 Å². The molecule has 0 radical (unpaired) electrons. The highest BCUT2D eigenvalue weighted by atomic mass is 35.5. The maximum Gasteiger partial charge on any atom is 0.239 e. The van der Waals surface area contributed by atoms with Gasteiger partial charge in [0.05, 0.1) is 6.04 Å². The number of halogens is 2. The molecule has 0 aliphatic carbocycles. The van der Waals surface area contributed by atoms with E-state index < -0.39 is 6.17 Å². The first-order valence-electron chi connectivity index (χ1n) is 5.64. The van der Waals surface area contributed by atoms with Crippen molar-refractivity contribution < 1.29 is 9.18 Å². The molecule has 3 nitrogen and oxygen atoms in total. The van der Waals surface area contributed by atoms with Gasteiger partial charge in [-0.05, 0) is 11.8 Å². The Hall–Kier alpha value is -0.350. The summed E-state index contributed by atoms with van der Waals surface area (Å²) in [6, 6.07) is -0.283. The number of nitrogens with one attached hydrogen (secondary N) is 1. The highest BCUT2D eigenvalue weighted by molar-refractivity contribution is 5.85. The van der Waals surface area contributed by atoms with Gasteiger partial charge in [-0.2, -0.15) is 0 Å². The molecule has 0 spiro atoms. The molecule has 0 aromatic heterocycles. The largest absolute Gasteiger partial charge is 0.341 e. The molecular formula is C11H20ClFN2O. The summed E-state index contributed by atoms with van der Waals surface area (Å²) in [5, 5.41) is 2.94. The predicted molar refractivity (Wildman–Crippen MR) is 63.5 cm³/mol. The molecule has 2 fully saturated rings. The molecule has 1 amide bonds. The number of amides is 1. The fourth-order valence-corrected chi connectivity index (χ4v) is 2.40. The summed E-state index contributed by atoms with van der Waals surface area (Å²) in [5.74, 6) is 0.0840. The van der Waals surface area contributed by atoms with E-state index in [1.807, 2.05) is 4.90 Å². The SMILES string of the molecule is CC1(C)CCN(C(=O)[C@H]2C[C@H](F)CN2)C1.Cl. The molecule has 2 atom stereocenters. The minimum atomic E-state index is -0.852. The molecule has 0 saturated carbocycles. The molecule has 0 aromatic rings. The summed E-state index contributed by atoms with van der Waals surface area (Å²) >= 11 is 0. The van der Waals surface area contributed by atoms with Crippen LogP contribution >= 0.6 is 12.4 Å². The molecule has 5 heteroatoms. The van der Waals surface area contributed by atoms with Crippen LogP contribution in [0.4, 0.5) is 4.39 Å². The van der Waals surface area contributed by atoms with Crippen LogP contribution in [0, 0.1) is 5.41 Å². The average molecular weight is 251 g/mol. The highest BCUT2D eigenvalue weighted by Gasteiger charge is 2.37. The standard InChI is InChI=1S/C11H19FN2O.ClH/c1-11(2)3-4-14(7-11)10(15)9-5-8(12)6-13-9;/h8-9,13H,3-7H2,1-2H3;1H/t8-,9+;/m0./s1. The zero-order valence-electron chi connectivity index (χ0n) is 9.83. The first-order valence-corrected chi connectivity index (χ1v) is 5.64. The van der Waals surface area contributed by atoms with Crippen molar-refractivity contribution in [1.29, 1.82) is 0 Å². The van der Waals surface area contributed by atoms with Gasteiger partial charge < -0.3 is 10.2 Å². The van der Waals surface area contributed by atoms with Crippen LogP contribution in [0.15, 0.2) is 0 Å². The lowest BCUT2D eigenvalue weighted by molar-refractivity contribution is -0.132. The number of carbonyl (C=O) groups is 1. The van der Waals surface area contributed by atoms with Gasteiger partial charge in [-0.25, -0.2) is 4.39 Å². The van der Waals surface area contributed by atoms with Crippen molar-refractivity contribution in [2.45, 2.75) is 38.9 Å². The summed E-state index contributed by atoms with van der Waals surface area (Å²) in [6.45, 7) is 6.29. The van der Waals surface area contributed by atoms with Crippen molar-refractivity contribution in [2.75, 3.05) is 19.6 Å². The van der Waals surface area contributed by atoms with Crippen LogP contribution in [0.1, 0.15) is 26.7 Å². The second-order valence-electron chi connectivity index (χ2n) is 5.47. The summed E-state index contributed by atoms with van der Waals surface area (Å²) in [4.78, 5) is 13.8. The van der Waals surface area contributed by atoms with E-state index in [1.54, 1.807) is 0 Å². The summed E-state index contributed by atoms with van der Waals surface area (Å²) in [5.41, 5.74) is 0.226. The van der Waals surface area contributed by atoms with E-state index in [-0.39, 0.29) is 29.8 Å². The number of likely N-dealkylation sites (tertiary alicyclic amines) is 1. The number of alkyl halides is 1. The Bertz CT molecular complexity index is 273. The molecule has 2 heterocycles. The topological polar surface area (TPSA) is 32.3 Å². The quantitative estimate of drug-likeness (QED) is 0.762. The van der Waals surface area contributed by atoms with Crippen LogP contribution in [-0.4, -0.2) is 42.7 Å². The molecule has 2 rings (SSSR count). The average Bonchev–Trinajstić information content (AvgIpc) is 2.71. The van der Waals surface area contributed by atoms with E-state index in [0.29, 0.717) is 13.0 Å². The molecule has 2 aliphatic rings. The fraction of sp³-hybridized carbons (Fsp3) is 0.909. The van der Waals surface area contributed by atoms with Gasteiger partial charge >= 0.3 is 0 Å². The van der Waals surface area contributed by atoms with Gasteiger partial charge in [-0.15, -0.1) is 12.4 Å². The molecule has 16 heavy (non-hydrogen) atoms. The van der Waals surface area contributed by atoms with Gasteiger partial charge in [0.15, 0.2) is 0 Å². The van der Waals surface area contributed by atoms with E-state index in [0.717, 1.165) is 19.5 Å². The van der Waals surface area contributed by atoms with E-state index in [4.69, 9.17) is 0 Å². The zero-order valence-corrected chi connectivity index (χ0v) is 10.6. The Morgan fingerprint density at radius 3 is 2.62 bits per heavy atom. The Kier molecular flexibility index (Phi) is 4.18. The van der Waals surface area contributed by atoms with Crippen LogP contribution in [0.3, 0.4) is 0 Å². The molecule has 1 N–H and O–H groups in total. The molecule has 0 unspecified atom stereocenters. The van der Waals surface area contributed by atoms with Gasteiger partial charge in [0.25, 0.3) is 0 Å². The lowest BCUT2D eigenvalue weighted by Crippen LogP contribution is -2.42. The van der Waals surface area contributed by atoms with Crippen LogP contribution in [0.2, 0.25) is 0 Å². The van der Waals surface area contributed by atoms with Crippen LogP contribution in [0.25, 0.3) is 0 Å². The first kappa shape index (κ1) is 13.7. The predicted octanol–water partition coefficient (Wildman–Crippen LogP) is 1.37. The maximum atomic E-state index is 12.9.